The van der Waals surface area contributed by atoms with Crippen molar-refractivity contribution in [3.8, 4) is 0 Å². The minimum absolute atomic E-state index is 0.176. The van der Waals surface area contributed by atoms with Gasteiger partial charge in [0, 0.05) is 43.1 Å². The Morgan fingerprint density at radius 1 is 1.50 bits per heavy atom. The first-order chi connectivity index (χ1) is 9.72. The zero-order chi connectivity index (χ0) is 14.4. The highest BCUT2D eigenvalue weighted by Gasteiger charge is 2.20. The molecule has 0 atom stereocenters. The molecule has 1 aromatic heterocycles. The molecule has 3 N–H and O–H groups in total. The van der Waals surface area contributed by atoms with Crippen LogP contribution in [-0.2, 0) is 22.5 Å². The van der Waals surface area contributed by atoms with Crippen LogP contribution in [0.25, 0.3) is 0 Å². The first-order valence-electron chi connectivity index (χ1n) is 6.42. The van der Waals surface area contributed by atoms with Crippen LogP contribution in [0, 0.1) is 0 Å². The second-order valence-electron chi connectivity index (χ2n) is 4.34. The second kappa shape index (κ2) is 7.30. The molecular formula is C12H18N4O3S. The predicted molar refractivity (Wildman–Crippen MR) is 75.7 cm³/mol. The van der Waals surface area contributed by atoms with Crippen molar-refractivity contribution in [1.82, 2.24) is 20.8 Å². The Morgan fingerprint density at radius 3 is 3.15 bits per heavy atom. The topological polar surface area (TPSA) is 96.1 Å². The summed E-state index contributed by atoms with van der Waals surface area (Å²) >= 11 is 1.42. The van der Waals surface area contributed by atoms with Gasteiger partial charge < -0.3 is 15.4 Å². The monoisotopic (exact) mass is 298 g/mol. The largest absolute Gasteiger partial charge is 0.468 e. The third-order valence-electron chi connectivity index (χ3n) is 3.00. The highest BCUT2D eigenvalue weighted by molar-refractivity contribution is 7.99. The Balaban J connectivity index is 1.75. The number of nitrogens with one attached hydrogen (secondary N) is 3. The van der Waals surface area contributed by atoms with Crippen LogP contribution in [0.4, 0.5) is 0 Å². The molecule has 1 amide bonds. The van der Waals surface area contributed by atoms with Gasteiger partial charge in [0.15, 0.2) is 5.69 Å². The molecule has 1 aliphatic rings. The van der Waals surface area contributed by atoms with Crippen LogP contribution < -0.4 is 10.6 Å². The Bertz CT molecular complexity index is 489. The summed E-state index contributed by atoms with van der Waals surface area (Å²) in [5.74, 6) is 0.526. The van der Waals surface area contributed by atoms with E-state index >= 15 is 0 Å². The maximum atomic E-state index is 12.0. The number of fused-ring (bicyclic) bond motifs is 1. The first-order valence-corrected chi connectivity index (χ1v) is 7.57. The number of esters is 1. The Labute approximate surface area is 121 Å². The second-order valence-corrected chi connectivity index (χ2v) is 5.45. The fourth-order valence-corrected chi connectivity index (χ4v) is 2.62. The van der Waals surface area contributed by atoms with E-state index in [9.17, 15) is 9.59 Å². The summed E-state index contributed by atoms with van der Waals surface area (Å²) < 4.78 is 4.53. The van der Waals surface area contributed by atoms with Gasteiger partial charge in [-0.3, -0.25) is 14.7 Å². The van der Waals surface area contributed by atoms with Crippen molar-refractivity contribution in [1.29, 1.82) is 0 Å². The van der Waals surface area contributed by atoms with Gasteiger partial charge in [0.2, 0.25) is 0 Å². The Hall–Kier alpha value is -1.54. The van der Waals surface area contributed by atoms with E-state index in [1.807, 2.05) is 0 Å². The lowest BCUT2D eigenvalue weighted by atomic mass is 10.1. The molecule has 0 unspecified atom stereocenters. The summed E-state index contributed by atoms with van der Waals surface area (Å²) in [6, 6.07) is 0. The van der Waals surface area contributed by atoms with E-state index in [1.54, 1.807) is 0 Å². The molecule has 0 saturated carbocycles. The molecule has 0 aromatic carbocycles. The maximum Gasteiger partial charge on any atom is 0.315 e. The van der Waals surface area contributed by atoms with Gasteiger partial charge in [-0.25, -0.2) is 0 Å². The smallest absolute Gasteiger partial charge is 0.315 e. The average Bonchev–Trinajstić information content (AvgIpc) is 2.90. The fraction of sp³-hybridized carbons (Fsp3) is 0.583. The molecule has 1 aliphatic heterocycles. The zero-order valence-corrected chi connectivity index (χ0v) is 12.1. The molecule has 0 bridgehead atoms. The van der Waals surface area contributed by atoms with Crippen molar-refractivity contribution in [3.05, 3.63) is 17.0 Å². The third-order valence-corrected chi connectivity index (χ3v) is 3.93. The van der Waals surface area contributed by atoms with Crippen molar-refractivity contribution in [2.24, 2.45) is 0 Å². The van der Waals surface area contributed by atoms with E-state index in [1.165, 1.54) is 18.9 Å². The minimum Gasteiger partial charge on any atom is -0.468 e. The number of thioether (sulfide) groups is 1. The molecular weight excluding hydrogens is 280 g/mol. The van der Waals surface area contributed by atoms with E-state index in [4.69, 9.17) is 0 Å². The summed E-state index contributed by atoms with van der Waals surface area (Å²) in [5, 5.41) is 13.0. The Morgan fingerprint density at radius 2 is 2.35 bits per heavy atom. The van der Waals surface area contributed by atoms with Crippen LogP contribution in [0.2, 0.25) is 0 Å². The van der Waals surface area contributed by atoms with Crippen LogP contribution in [-0.4, -0.2) is 53.8 Å². The fourth-order valence-electron chi connectivity index (χ4n) is 1.95. The molecule has 0 radical (unpaired) electrons. The van der Waals surface area contributed by atoms with Gasteiger partial charge in [-0.2, -0.15) is 5.10 Å². The molecule has 110 valence electrons. The van der Waals surface area contributed by atoms with Crippen LogP contribution in [0.15, 0.2) is 0 Å². The van der Waals surface area contributed by atoms with Crippen molar-refractivity contribution in [3.63, 3.8) is 0 Å². The SMILES string of the molecule is COC(=O)CSCCNC(=O)c1n[nH]c2c1CNCC2. The maximum absolute atomic E-state index is 12.0. The third kappa shape index (κ3) is 3.73. The van der Waals surface area contributed by atoms with E-state index in [0.717, 1.165) is 24.2 Å². The number of hydrogen-bond donors (Lipinski definition) is 3. The summed E-state index contributed by atoms with van der Waals surface area (Å²) in [6.45, 7) is 2.07. The Kier molecular flexibility index (Phi) is 5.42. The van der Waals surface area contributed by atoms with Gasteiger partial charge in [-0.1, -0.05) is 0 Å². The number of amides is 1. The summed E-state index contributed by atoms with van der Waals surface area (Å²) in [4.78, 5) is 22.9. The molecule has 20 heavy (non-hydrogen) atoms. The first kappa shape index (κ1) is 14.9. The van der Waals surface area contributed by atoms with Gasteiger partial charge in [0.25, 0.3) is 5.91 Å². The lowest BCUT2D eigenvalue weighted by molar-refractivity contribution is -0.137. The number of hydrogen-bond acceptors (Lipinski definition) is 6. The highest BCUT2D eigenvalue weighted by atomic mass is 32.2. The summed E-state index contributed by atoms with van der Waals surface area (Å²) in [6.07, 6.45) is 0.866. The van der Waals surface area contributed by atoms with Crippen molar-refractivity contribution >= 4 is 23.6 Å². The average molecular weight is 298 g/mol. The van der Waals surface area contributed by atoms with E-state index in [-0.39, 0.29) is 11.9 Å². The molecule has 0 spiro atoms. The minimum atomic E-state index is -0.256. The molecule has 0 saturated heterocycles. The van der Waals surface area contributed by atoms with Crippen LogP contribution >= 0.6 is 11.8 Å². The number of methoxy groups -OCH3 is 1. The molecule has 7 nitrogen and oxygen atoms in total. The van der Waals surface area contributed by atoms with E-state index in [2.05, 4.69) is 25.6 Å². The van der Waals surface area contributed by atoms with Crippen molar-refractivity contribution in [2.75, 3.05) is 31.7 Å². The van der Waals surface area contributed by atoms with Crippen molar-refractivity contribution < 1.29 is 14.3 Å². The number of ether oxygens (including phenoxy) is 1. The molecule has 0 fully saturated rings. The van der Waals surface area contributed by atoms with Gasteiger partial charge >= 0.3 is 5.97 Å². The van der Waals surface area contributed by atoms with Crippen LogP contribution in [0.3, 0.4) is 0 Å². The molecule has 2 rings (SSSR count). The molecule has 8 heteroatoms. The quantitative estimate of drug-likeness (QED) is 0.492. The number of carbonyl (C=O) groups excluding carboxylic acids is 2. The normalized spacial score (nSPS) is 13.7. The van der Waals surface area contributed by atoms with E-state index in [0.29, 0.717) is 30.3 Å². The number of nitrogens with zero attached hydrogens (tertiary/aromatic N) is 1. The van der Waals surface area contributed by atoms with E-state index < -0.39 is 0 Å². The standard InChI is InChI=1S/C12H18N4O3S/c1-19-10(17)7-20-5-4-14-12(18)11-8-6-13-3-2-9(8)15-16-11/h13H,2-7H2,1H3,(H,14,18)(H,15,16). The number of carbonyl (C=O) groups is 2. The molecule has 1 aromatic rings. The number of rotatable bonds is 6. The number of aromatic amines is 1. The lowest BCUT2D eigenvalue weighted by Crippen LogP contribution is -2.29. The van der Waals surface area contributed by atoms with Crippen LogP contribution in [0.1, 0.15) is 21.7 Å². The summed E-state index contributed by atoms with van der Waals surface area (Å²) in [7, 11) is 1.36. The molecule has 0 aliphatic carbocycles. The summed E-state index contributed by atoms with van der Waals surface area (Å²) in [5.41, 5.74) is 2.45. The van der Waals surface area contributed by atoms with Gasteiger partial charge in [-0.05, 0) is 0 Å². The highest BCUT2D eigenvalue weighted by Crippen LogP contribution is 2.14. The number of aromatic nitrogens is 2. The van der Waals surface area contributed by atoms with Gasteiger partial charge in [0.05, 0.1) is 12.9 Å². The van der Waals surface area contributed by atoms with Gasteiger partial charge in [0.1, 0.15) is 0 Å². The van der Waals surface area contributed by atoms with Crippen molar-refractivity contribution in [2.45, 2.75) is 13.0 Å². The number of H-pyrrole nitrogens is 1. The molecule has 2 heterocycles. The van der Waals surface area contributed by atoms with Gasteiger partial charge in [-0.15, -0.1) is 11.8 Å². The zero-order valence-electron chi connectivity index (χ0n) is 11.3. The lowest BCUT2D eigenvalue weighted by Gasteiger charge is -2.12. The van der Waals surface area contributed by atoms with Crippen LogP contribution in [0.5, 0.6) is 0 Å². The predicted octanol–water partition coefficient (Wildman–Crippen LogP) is -0.309.